The van der Waals surface area contributed by atoms with Gasteiger partial charge in [0.25, 0.3) is 0 Å². The second-order valence-corrected chi connectivity index (χ2v) is 8.74. The molecule has 1 saturated carbocycles. The van der Waals surface area contributed by atoms with E-state index in [0.29, 0.717) is 11.3 Å². The van der Waals surface area contributed by atoms with Crippen LogP contribution in [0.1, 0.15) is 57.1 Å². The molecule has 2 rings (SSSR count). The van der Waals surface area contributed by atoms with Gasteiger partial charge in [-0.15, -0.1) is 0 Å². The number of rotatable bonds is 6. The number of alkyl halides is 3. The Morgan fingerprint density at radius 1 is 1.22 bits per heavy atom. The van der Waals surface area contributed by atoms with E-state index >= 15 is 0 Å². The Bertz CT molecular complexity index is 784. The lowest BCUT2D eigenvalue weighted by Crippen LogP contribution is -2.31. The van der Waals surface area contributed by atoms with E-state index < -0.39 is 15.5 Å². The van der Waals surface area contributed by atoms with Crippen molar-refractivity contribution in [3.05, 3.63) is 29.3 Å². The van der Waals surface area contributed by atoms with Crippen LogP contribution in [-0.2, 0) is 14.9 Å². The molecule has 0 spiro atoms. The van der Waals surface area contributed by atoms with Crippen molar-refractivity contribution >= 4 is 21.4 Å². The number of oxime groups is 1. The number of nitrogens with one attached hydrogen (secondary N) is 1. The highest BCUT2D eigenvalue weighted by molar-refractivity contribution is 7.93. The number of hydrogen-bond acceptors (Lipinski definition) is 4. The minimum absolute atomic E-state index is 0.00782. The highest BCUT2D eigenvalue weighted by Crippen LogP contribution is 2.33. The van der Waals surface area contributed by atoms with E-state index in [1.54, 1.807) is 37.6 Å². The van der Waals surface area contributed by atoms with Crippen molar-refractivity contribution < 1.29 is 26.4 Å². The fourth-order valence-corrected chi connectivity index (χ4v) is 3.63. The van der Waals surface area contributed by atoms with Crippen molar-refractivity contribution in [2.24, 2.45) is 11.1 Å². The maximum absolute atomic E-state index is 12.8. The van der Waals surface area contributed by atoms with Crippen LogP contribution in [0.5, 0.6) is 0 Å². The number of hydrogen-bond donors (Lipinski definition) is 1. The summed E-state index contributed by atoms with van der Waals surface area (Å²) in [6, 6.07) is 4.53. The first kappa shape index (κ1) is 21.5. The number of nitrogens with zero attached hydrogens (tertiary/aromatic N) is 1. The van der Waals surface area contributed by atoms with Crippen LogP contribution in [0.25, 0.3) is 0 Å². The first-order chi connectivity index (χ1) is 12.5. The van der Waals surface area contributed by atoms with Gasteiger partial charge < -0.3 is 4.84 Å². The molecule has 27 heavy (non-hydrogen) atoms. The summed E-state index contributed by atoms with van der Waals surface area (Å²) in [6.07, 6.45) is 4.53. The molecule has 0 saturated heterocycles. The molecule has 0 atom stereocenters. The number of anilines is 1. The number of halogens is 3. The summed E-state index contributed by atoms with van der Waals surface area (Å²) in [5, 5.41) is 4.21. The molecule has 9 heteroatoms. The first-order valence-corrected chi connectivity index (χ1v) is 10.4. The predicted molar refractivity (Wildman–Crippen MR) is 99.1 cm³/mol. The molecule has 0 heterocycles. The number of benzene rings is 1. The molecule has 1 aromatic carbocycles. The van der Waals surface area contributed by atoms with Crippen LogP contribution in [0.15, 0.2) is 23.4 Å². The molecule has 1 aromatic rings. The van der Waals surface area contributed by atoms with Crippen molar-refractivity contribution in [3.63, 3.8) is 0 Å². The Morgan fingerprint density at radius 2 is 1.85 bits per heavy atom. The van der Waals surface area contributed by atoms with E-state index in [1.807, 2.05) is 0 Å². The molecular weight excluding hydrogens is 381 g/mol. The van der Waals surface area contributed by atoms with Gasteiger partial charge in [0.1, 0.15) is 6.10 Å². The van der Waals surface area contributed by atoms with Gasteiger partial charge in [-0.05, 0) is 45.7 Å². The molecule has 1 aliphatic rings. The average Bonchev–Trinajstić information content (AvgIpc) is 2.57. The molecule has 1 N–H and O–H groups in total. The Kier molecular flexibility index (Phi) is 6.77. The lowest BCUT2D eigenvalue weighted by Gasteiger charge is -2.25. The van der Waals surface area contributed by atoms with Gasteiger partial charge in [-0.1, -0.05) is 36.0 Å². The van der Waals surface area contributed by atoms with E-state index in [2.05, 4.69) is 5.16 Å². The smallest absolute Gasteiger partial charge is 0.393 e. The van der Waals surface area contributed by atoms with Crippen LogP contribution < -0.4 is 4.72 Å². The zero-order valence-corrected chi connectivity index (χ0v) is 16.5. The largest absolute Gasteiger partial charge is 0.516 e. The van der Waals surface area contributed by atoms with Crippen molar-refractivity contribution in [1.29, 1.82) is 0 Å². The van der Waals surface area contributed by atoms with Crippen molar-refractivity contribution in [3.8, 4) is 0 Å². The van der Waals surface area contributed by atoms with E-state index in [0.717, 1.165) is 37.7 Å². The van der Waals surface area contributed by atoms with Gasteiger partial charge in [0.05, 0.1) is 11.4 Å². The summed E-state index contributed by atoms with van der Waals surface area (Å²) in [4.78, 5) is 5.39. The number of aryl methyl sites for hydroxylation is 1. The fraction of sp³-hybridized carbons (Fsp3) is 0.611. The molecule has 5 nitrogen and oxygen atoms in total. The molecule has 0 amide bonds. The average molecular weight is 406 g/mol. The minimum Gasteiger partial charge on any atom is -0.393 e. The lowest BCUT2D eigenvalue weighted by atomic mass is 9.82. The normalized spacial score (nSPS) is 17.2. The summed E-state index contributed by atoms with van der Waals surface area (Å²) in [7, 11) is -5.53. The molecule has 0 bridgehead atoms. The van der Waals surface area contributed by atoms with Crippen LogP contribution in [0.3, 0.4) is 0 Å². The molecule has 1 fully saturated rings. The maximum atomic E-state index is 12.8. The standard InChI is InChI=1S/C18H25F3N2O3S/c1-12(2)26-22-17(14-7-5-4-6-8-14)15-11-13(3)9-10-16(15)23-27(24,25)18(19,20)21/h9-12,14,23H,4-8H2,1-3H3/b22-17+. The second kappa shape index (κ2) is 8.50. The highest BCUT2D eigenvalue weighted by atomic mass is 32.2. The Labute approximate surface area is 158 Å². The SMILES string of the molecule is Cc1ccc(NS(=O)(=O)C(F)(F)F)c(/C(=N/OC(C)C)C2CCCCC2)c1. The van der Waals surface area contributed by atoms with Gasteiger partial charge in [0, 0.05) is 11.5 Å². The van der Waals surface area contributed by atoms with Crippen LogP contribution in [0.4, 0.5) is 18.9 Å². The van der Waals surface area contributed by atoms with Gasteiger partial charge in [0.2, 0.25) is 0 Å². The third-order valence-electron chi connectivity index (χ3n) is 4.35. The first-order valence-electron chi connectivity index (χ1n) is 8.95. The van der Waals surface area contributed by atoms with Crippen LogP contribution in [0, 0.1) is 12.8 Å². The van der Waals surface area contributed by atoms with Crippen LogP contribution in [0.2, 0.25) is 0 Å². The van der Waals surface area contributed by atoms with Crippen LogP contribution >= 0.6 is 0 Å². The van der Waals surface area contributed by atoms with Gasteiger partial charge in [-0.25, -0.2) is 0 Å². The molecular formula is C18H25F3N2O3S. The summed E-state index contributed by atoms with van der Waals surface area (Å²) in [5.41, 5.74) is -3.93. The minimum atomic E-state index is -5.53. The molecule has 1 aliphatic carbocycles. The van der Waals surface area contributed by atoms with Gasteiger partial charge in [-0.3, -0.25) is 4.72 Å². The molecule has 0 radical (unpaired) electrons. The zero-order chi connectivity index (χ0) is 20.2. The van der Waals surface area contributed by atoms with E-state index in [9.17, 15) is 21.6 Å². The van der Waals surface area contributed by atoms with E-state index in [1.165, 1.54) is 6.07 Å². The van der Waals surface area contributed by atoms with Crippen molar-refractivity contribution in [2.45, 2.75) is 64.5 Å². The van der Waals surface area contributed by atoms with Gasteiger partial charge in [-0.2, -0.15) is 21.6 Å². The van der Waals surface area contributed by atoms with Crippen molar-refractivity contribution in [1.82, 2.24) is 0 Å². The summed E-state index contributed by atoms with van der Waals surface area (Å²) in [6.45, 7) is 5.38. The summed E-state index contributed by atoms with van der Waals surface area (Å²) >= 11 is 0. The van der Waals surface area contributed by atoms with E-state index in [4.69, 9.17) is 4.84 Å². The third-order valence-corrected chi connectivity index (χ3v) is 5.45. The Hall–Kier alpha value is -1.77. The Balaban J connectivity index is 2.51. The van der Waals surface area contributed by atoms with Gasteiger partial charge in [0.15, 0.2) is 0 Å². The van der Waals surface area contributed by atoms with Gasteiger partial charge >= 0.3 is 15.5 Å². The second-order valence-electron chi connectivity index (χ2n) is 7.07. The highest BCUT2D eigenvalue weighted by Gasteiger charge is 2.46. The quantitative estimate of drug-likeness (QED) is 0.536. The molecule has 152 valence electrons. The fourth-order valence-electron chi connectivity index (χ4n) is 3.04. The number of sulfonamides is 1. The predicted octanol–water partition coefficient (Wildman–Crippen LogP) is 4.97. The lowest BCUT2D eigenvalue weighted by molar-refractivity contribution is -0.0429. The summed E-state index contributed by atoms with van der Waals surface area (Å²) < 4.78 is 63.4. The van der Waals surface area contributed by atoms with E-state index in [-0.39, 0.29) is 17.7 Å². The Morgan fingerprint density at radius 3 is 2.41 bits per heavy atom. The zero-order valence-electron chi connectivity index (χ0n) is 15.6. The van der Waals surface area contributed by atoms with Crippen molar-refractivity contribution in [2.75, 3.05) is 4.72 Å². The molecule has 0 aliphatic heterocycles. The molecule has 0 unspecified atom stereocenters. The van der Waals surface area contributed by atoms with Crippen LogP contribution in [-0.4, -0.2) is 25.7 Å². The maximum Gasteiger partial charge on any atom is 0.516 e. The monoisotopic (exact) mass is 406 g/mol. The topological polar surface area (TPSA) is 67.8 Å². The summed E-state index contributed by atoms with van der Waals surface area (Å²) in [5.74, 6) is 0.00782. The molecule has 0 aromatic heterocycles. The third kappa shape index (κ3) is 5.60.